The number of nitrogen functional groups attached to an aromatic ring is 1. The molecule has 8 heteroatoms. The molecule has 0 saturated carbocycles. The molecule has 3 heterocycles. The Morgan fingerprint density at radius 3 is 2.69 bits per heavy atom. The molecule has 1 aliphatic rings. The lowest BCUT2D eigenvalue weighted by Crippen LogP contribution is -2.26. The number of rotatable bonds is 3. The van der Waals surface area contributed by atoms with E-state index in [-0.39, 0.29) is 11.3 Å². The molecule has 4 aromatic rings. The summed E-state index contributed by atoms with van der Waals surface area (Å²) in [7, 11) is 0. The monoisotopic (exact) mass is 444 g/mol. The number of amides is 1. The number of thiazole rings is 1. The van der Waals surface area contributed by atoms with Crippen LogP contribution in [-0.4, -0.2) is 25.7 Å². The Morgan fingerprint density at radius 1 is 1.22 bits per heavy atom. The van der Waals surface area contributed by atoms with Crippen LogP contribution < -0.4 is 11.1 Å². The number of hydrogen-bond acceptors (Lipinski definition) is 6. The molecule has 0 fully saturated rings. The number of carbonyl (C=O) groups excluding carboxylic acids is 1. The molecule has 1 aliphatic carbocycles. The van der Waals surface area contributed by atoms with E-state index in [0.717, 1.165) is 50.8 Å². The highest BCUT2D eigenvalue weighted by atomic mass is 32.1. The number of nitrogens with zero attached hydrogens (tertiary/aromatic N) is 4. The van der Waals surface area contributed by atoms with Gasteiger partial charge in [-0.25, -0.2) is 14.6 Å². The van der Waals surface area contributed by atoms with Gasteiger partial charge in [-0.1, -0.05) is 43.4 Å². The van der Waals surface area contributed by atoms with Gasteiger partial charge in [0.05, 0.1) is 27.6 Å². The van der Waals surface area contributed by atoms with Crippen molar-refractivity contribution < 1.29 is 4.79 Å². The fourth-order valence-corrected chi connectivity index (χ4v) is 5.42. The summed E-state index contributed by atoms with van der Waals surface area (Å²) in [6.07, 6.45) is 2.53. The van der Waals surface area contributed by atoms with Crippen LogP contribution in [0.4, 0.5) is 10.9 Å². The van der Waals surface area contributed by atoms with Crippen molar-refractivity contribution in [3.8, 4) is 27.5 Å². The molecule has 0 spiro atoms. The lowest BCUT2D eigenvalue weighted by Gasteiger charge is -2.30. The van der Waals surface area contributed by atoms with Crippen LogP contribution in [0.1, 0.15) is 37.6 Å². The minimum absolute atomic E-state index is 0.128. The highest BCUT2D eigenvalue weighted by molar-refractivity contribution is 7.19. The first-order chi connectivity index (χ1) is 15.2. The van der Waals surface area contributed by atoms with Gasteiger partial charge in [0.2, 0.25) is 5.91 Å². The second-order valence-corrected chi connectivity index (χ2v) is 9.78. The number of aryl methyl sites for hydroxylation is 1. The molecule has 1 amide bonds. The quantitative estimate of drug-likeness (QED) is 0.475. The Balaban J connectivity index is 1.84. The van der Waals surface area contributed by atoms with E-state index in [1.165, 1.54) is 18.3 Å². The van der Waals surface area contributed by atoms with Crippen molar-refractivity contribution >= 4 is 28.2 Å². The summed E-state index contributed by atoms with van der Waals surface area (Å²) in [6.45, 7) is 8.01. The largest absolute Gasteiger partial charge is 0.384 e. The third-order valence-electron chi connectivity index (χ3n) is 5.77. The highest BCUT2D eigenvalue weighted by Crippen LogP contribution is 2.50. The number of aromatic nitrogens is 4. The zero-order valence-electron chi connectivity index (χ0n) is 18.4. The van der Waals surface area contributed by atoms with Crippen LogP contribution in [0.5, 0.6) is 0 Å². The normalized spacial score (nSPS) is 14.0. The summed E-state index contributed by atoms with van der Waals surface area (Å²) in [6, 6.07) is 12.0. The lowest BCUT2D eigenvalue weighted by atomic mass is 9.74. The fourth-order valence-electron chi connectivity index (χ4n) is 4.36. The highest BCUT2D eigenvalue weighted by Gasteiger charge is 2.40. The second-order valence-electron chi connectivity index (χ2n) is 8.78. The van der Waals surface area contributed by atoms with Crippen LogP contribution in [-0.2, 0) is 16.6 Å². The molecule has 5 rings (SSSR count). The summed E-state index contributed by atoms with van der Waals surface area (Å²) in [5, 5.41) is 8.58. The van der Waals surface area contributed by atoms with Crippen LogP contribution in [0.3, 0.4) is 0 Å². The first kappa shape index (κ1) is 20.4. The predicted molar refractivity (Wildman–Crippen MR) is 128 cm³/mol. The predicted octanol–water partition coefficient (Wildman–Crippen LogP) is 4.74. The van der Waals surface area contributed by atoms with Gasteiger partial charge in [0.1, 0.15) is 5.82 Å². The van der Waals surface area contributed by atoms with E-state index in [1.807, 2.05) is 22.9 Å². The molecule has 0 radical (unpaired) electrons. The summed E-state index contributed by atoms with van der Waals surface area (Å²) < 4.78 is 2.02. The number of carbonyl (C=O) groups is 1. The van der Waals surface area contributed by atoms with Gasteiger partial charge in [0.15, 0.2) is 5.13 Å². The molecule has 0 atom stereocenters. The van der Waals surface area contributed by atoms with Crippen molar-refractivity contribution in [3.05, 3.63) is 59.4 Å². The zero-order chi connectivity index (χ0) is 22.6. The first-order valence-corrected chi connectivity index (χ1v) is 11.3. The lowest BCUT2D eigenvalue weighted by molar-refractivity contribution is -0.114. The fraction of sp³-hybridized carbons (Fsp3) is 0.250. The molecular weight excluding hydrogens is 420 g/mol. The van der Waals surface area contributed by atoms with Gasteiger partial charge in [0, 0.05) is 30.7 Å². The number of anilines is 2. The van der Waals surface area contributed by atoms with Gasteiger partial charge in [-0.2, -0.15) is 5.10 Å². The maximum absolute atomic E-state index is 11.7. The molecule has 0 unspecified atom stereocenters. The van der Waals surface area contributed by atoms with E-state index in [2.05, 4.69) is 43.2 Å². The molecule has 1 aromatic carbocycles. The number of nitrogens with two attached hydrogens (primary N) is 1. The van der Waals surface area contributed by atoms with E-state index >= 15 is 0 Å². The molecule has 3 N–H and O–H groups in total. The van der Waals surface area contributed by atoms with Gasteiger partial charge in [-0.15, -0.1) is 0 Å². The van der Waals surface area contributed by atoms with E-state index in [0.29, 0.717) is 10.9 Å². The second kappa shape index (κ2) is 7.27. The number of hydrogen-bond donors (Lipinski definition) is 2. The third-order valence-corrected chi connectivity index (χ3v) is 6.79. The zero-order valence-corrected chi connectivity index (χ0v) is 19.2. The van der Waals surface area contributed by atoms with Crippen LogP contribution >= 0.6 is 11.3 Å². The van der Waals surface area contributed by atoms with Crippen LogP contribution in [0.2, 0.25) is 0 Å². The average Bonchev–Trinajstić information content (AvgIpc) is 3.30. The number of pyridine rings is 1. The number of fused-ring (bicyclic) bond motifs is 3. The number of benzene rings is 1. The number of para-hydroxylation sites is 1. The summed E-state index contributed by atoms with van der Waals surface area (Å²) in [4.78, 5) is 21.8. The molecule has 32 heavy (non-hydrogen) atoms. The third kappa shape index (κ3) is 3.27. The van der Waals surface area contributed by atoms with E-state index in [4.69, 9.17) is 15.8 Å². The maximum atomic E-state index is 11.7. The molecule has 3 aromatic heterocycles. The van der Waals surface area contributed by atoms with E-state index in [1.54, 1.807) is 12.3 Å². The number of nitrogens with one attached hydrogen (secondary N) is 1. The SMILES string of the molecule is CC(=O)Nc1nc2c(s1)-c1c(c(-c3ccc(N)nc3)nn1-c1ccccc1C)C(C)(C)C2. The van der Waals surface area contributed by atoms with Crippen molar-refractivity contribution in [2.24, 2.45) is 0 Å². The maximum Gasteiger partial charge on any atom is 0.223 e. The van der Waals surface area contributed by atoms with Gasteiger partial charge in [-0.05, 0) is 36.1 Å². The van der Waals surface area contributed by atoms with E-state index < -0.39 is 0 Å². The standard InChI is InChI=1S/C24H24N6OS/c1-13-7-5-6-8-17(13)30-21-19(20(29-30)15-9-10-18(25)26-12-15)24(3,4)11-16-22(21)32-23(28-16)27-14(2)31/h5-10,12H,11H2,1-4H3,(H2,25,26)(H,27,28,31). The molecule has 7 nitrogen and oxygen atoms in total. The van der Waals surface area contributed by atoms with Crippen molar-refractivity contribution in [3.63, 3.8) is 0 Å². The Hall–Kier alpha value is -3.52. The summed E-state index contributed by atoms with van der Waals surface area (Å²) in [5.74, 6) is 0.349. The van der Waals surface area contributed by atoms with Crippen molar-refractivity contribution in [2.45, 2.75) is 39.5 Å². The van der Waals surface area contributed by atoms with Crippen molar-refractivity contribution in [1.82, 2.24) is 19.7 Å². The topological polar surface area (TPSA) is 98.7 Å². The molecular formula is C24H24N6OS. The molecule has 162 valence electrons. The van der Waals surface area contributed by atoms with Crippen LogP contribution in [0.15, 0.2) is 42.6 Å². The average molecular weight is 445 g/mol. The Morgan fingerprint density at radius 2 is 2.00 bits per heavy atom. The van der Waals surface area contributed by atoms with Gasteiger partial charge < -0.3 is 11.1 Å². The van der Waals surface area contributed by atoms with Gasteiger partial charge in [0.25, 0.3) is 0 Å². The Bertz CT molecular complexity index is 1350. The van der Waals surface area contributed by atoms with Gasteiger partial charge in [-0.3, -0.25) is 4.79 Å². The minimum Gasteiger partial charge on any atom is -0.384 e. The molecule has 0 aliphatic heterocycles. The van der Waals surface area contributed by atoms with Crippen molar-refractivity contribution in [2.75, 3.05) is 11.1 Å². The summed E-state index contributed by atoms with van der Waals surface area (Å²) in [5.41, 5.74) is 12.7. The Labute approximate surface area is 190 Å². The Kier molecular flexibility index (Phi) is 4.63. The van der Waals surface area contributed by atoms with Gasteiger partial charge >= 0.3 is 0 Å². The molecule has 0 saturated heterocycles. The summed E-state index contributed by atoms with van der Waals surface area (Å²) >= 11 is 1.49. The minimum atomic E-state index is -0.221. The first-order valence-electron chi connectivity index (χ1n) is 10.4. The van der Waals surface area contributed by atoms with E-state index in [9.17, 15) is 4.79 Å². The van der Waals surface area contributed by atoms with Crippen LogP contribution in [0, 0.1) is 6.92 Å². The van der Waals surface area contributed by atoms with Crippen molar-refractivity contribution in [1.29, 1.82) is 0 Å². The smallest absolute Gasteiger partial charge is 0.223 e. The molecule has 0 bridgehead atoms. The van der Waals surface area contributed by atoms with Crippen LogP contribution in [0.25, 0.3) is 27.5 Å².